The fourth-order valence-corrected chi connectivity index (χ4v) is 6.94. The van der Waals surface area contributed by atoms with Gasteiger partial charge >= 0.3 is 11.9 Å². The minimum Gasteiger partial charge on any atom is -0.478 e. The molecular weight excluding hydrogens is 598 g/mol. The largest absolute Gasteiger partial charge is 0.478 e. The molecule has 0 spiro atoms. The molecule has 220 valence electrons. The molecule has 2 unspecified atom stereocenters. The molecular formula is C22H27N9O7S3. The van der Waals surface area contributed by atoms with E-state index in [4.69, 9.17) is 27.1 Å². The quantitative estimate of drug-likeness (QED) is 0.111. The summed E-state index contributed by atoms with van der Waals surface area (Å²) in [7, 11) is 1.75. The van der Waals surface area contributed by atoms with Crippen LogP contribution in [0.1, 0.15) is 19.5 Å². The fourth-order valence-electron chi connectivity index (χ4n) is 3.90. The third-order valence-electron chi connectivity index (χ3n) is 6.32. The second-order valence-electron chi connectivity index (χ2n) is 9.02. The first kappa shape index (κ1) is 30.2. The molecule has 1 fully saturated rings. The molecule has 4 heterocycles. The smallest absolute Gasteiger partial charge is 0.352 e. The van der Waals surface area contributed by atoms with Crippen LogP contribution in [0.4, 0.5) is 5.13 Å². The summed E-state index contributed by atoms with van der Waals surface area (Å²) < 4.78 is 0. The van der Waals surface area contributed by atoms with Gasteiger partial charge in [0, 0.05) is 29.5 Å². The normalized spacial score (nSPS) is 23.5. The molecule has 0 aromatic carbocycles. The number of oxime groups is 1. The lowest BCUT2D eigenvalue weighted by Gasteiger charge is -2.49. The van der Waals surface area contributed by atoms with E-state index >= 15 is 0 Å². The Hall–Kier alpha value is -3.81. The highest BCUT2D eigenvalue weighted by molar-refractivity contribution is 8.14. The van der Waals surface area contributed by atoms with Gasteiger partial charge in [-0.15, -0.1) is 23.1 Å². The predicted molar refractivity (Wildman–Crippen MR) is 153 cm³/mol. The zero-order valence-electron chi connectivity index (χ0n) is 21.9. The number of likely N-dealkylation sites (N-methyl/N-ethyl adjacent to an activating group) is 1. The third-order valence-corrected chi connectivity index (χ3v) is 9.47. The molecule has 3 aliphatic heterocycles. The second kappa shape index (κ2) is 12.0. The number of carbonyl (C=O) groups excluding carboxylic acids is 2. The number of aliphatic imine (C=N–C) groups is 1. The number of nitrogen functional groups attached to an aromatic ring is 1. The van der Waals surface area contributed by atoms with E-state index in [1.807, 2.05) is 0 Å². The molecule has 16 nitrogen and oxygen atoms in total. The SMILES string of the molecule is CC1=C(N)N=C(SCC2=C(C(=O)O)N3C(=O)C(NC(=O)/C(=N\O[C@@H](C)C(=O)O)c4csc(N)n4)[C@@H]3SC2)N(C)C1N. The highest BCUT2D eigenvalue weighted by atomic mass is 32.2. The Balaban J connectivity index is 1.50. The van der Waals surface area contributed by atoms with Gasteiger partial charge in [-0.1, -0.05) is 16.9 Å². The summed E-state index contributed by atoms with van der Waals surface area (Å²) in [6.45, 7) is 3.00. The number of nitrogens with one attached hydrogen (secondary N) is 1. The van der Waals surface area contributed by atoms with Crippen LogP contribution in [0, 0.1) is 0 Å². The molecule has 1 saturated heterocycles. The summed E-state index contributed by atoms with van der Waals surface area (Å²) in [6, 6.07) is -1.08. The van der Waals surface area contributed by atoms with Crippen LogP contribution < -0.4 is 22.5 Å². The number of aromatic nitrogens is 1. The number of amidine groups is 1. The topological polar surface area (TPSA) is 252 Å². The van der Waals surface area contributed by atoms with Crippen molar-refractivity contribution in [2.24, 2.45) is 21.6 Å². The molecule has 0 aliphatic carbocycles. The lowest BCUT2D eigenvalue weighted by Crippen LogP contribution is -2.71. The number of nitrogens with zero attached hydrogens (tertiary/aromatic N) is 5. The van der Waals surface area contributed by atoms with Crippen molar-refractivity contribution in [3.63, 3.8) is 0 Å². The van der Waals surface area contributed by atoms with Crippen LogP contribution in [0.3, 0.4) is 0 Å². The summed E-state index contributed by atoms with van der Waals surface area (Å²) in [5, 5.41) is 26.6. The second-order valence-corrected chi connectivity index (χ2v) is 12.0. The Morgan fingerprint density at radius 3 is 2.66 bits per heavy atom. The highest BCUT2D eigenvalue weighted by Crippen LogP contribution is 2.41. The van der Waals surface area contributed by atoms with Crippen molar-refractivity contribution in [3.05, 3.63) is 33.7 Å². The lowest BCUT2D eigenvalue weighted by molar-refractivity contribution is -0.150. The van der Waals surface area contributed by atoms with E-state index in [1.54, 1.807) is 18.9 Å². The number of nitrogens with two attached hydrogens (primary N) is 3. The van der Waals surface area contributed by atoms with Gasteiger partial charge in [0.25, 0.3) is 11.8 Å². The molecule has 0 radical (unpaired) electrons. The maximum Gasteiger partial charge on any atom is 0.352 e. The van der Waals surface area contributed by atoms with Crippen molar-refractivity contribution in [3.8, 4) is 0 Å². The maximum atomic E-state index is 13.1. The number of carboxylic acids is 2. The summed E-state index contributed by atoms with van der Waals surface area (Å²) in [5.74, 6) is -3.32. The minimum atomic E-state index is -1.37. The molecule has 4 atom stereocenters. The van der Waals surface area contributed by atoms with Gasteiger partial charge in [0.15, 0.2) is 16.0 Å². The Kier molecular flexibility index (Phi) is 8.80. The molecule has 4 rings (SSSR count). The number of hydrogen-bond donors (Lipinski definition) is 6. The molecule has 0 bridgehead atoms. The monoisotopic (exact) mass is 625 g/mol. The molecule has 1 aromatic heterocycles. The standard InChI is InChI=1S/C22H27N9O7S3/c1-7-14(23)28-22(30(3)15(7)24)41-5-9-4-39-18-12(17(33)31(18)13(9)20(36)37)27-16(32)11(10-6-40-21(25)26-10)29-38-8(2)19(34)35/h6,8,12,15,18H,4-5,23-24H2,1-3H3,(H2,25,26)(H,27,32)(H,34,35)(H,36,37)/b29-11-/t8-,12?,15?,18-/m0/s1. The van der Waals surface area contributed by atoms with E-state index in [0.29, 0.717) is 22.1 Å². The molecule has 9 N–H and O–H groups in total. The van der Waals surface area contributed by atoms with Gasteiger partial charge < -0.3 is 42.5 Å². The zero-order valence-corrected chi connectivity index (χ0v) is 24.4. The molecule has 2 amide bonds. The van der Waals surface area contributed by atoms with Gasteiger partial charge in [0.05, 0.1) is 0 Å². The Morgan fingerprint density at radius 1 is 1.34 bits per heavy atom. The third kappa shape index (κ3) is 5.97. The fraction of sp³-hybridized carbons (Fsp3) is 0.409. The molecule has 0 saturated carbocycles. The molecule has 41 heavy (non-hydrogen) atoms. The van der Waals surface area contributed by atoms with E-state index in [9.17, 15) is 24.3 Å². The number of fused-ring (bicyclic) bond motifs is 1. The van der Waals surface area contributed by atoms with Crippen molar-refractivity contribution >= 4 is 74.6 Å². The minimum absolute atomic E-state index is 0.0222. The van der Waals surface area contributed by atoms with Crippen LogP contribution in [0.2, 0.25) is 0 Å². The molecule has 1 aromatic rings. The van der Waals surface area contributed by atoms with Crippen LogP contribution in [0.25, 0.3) is 0 Å². The van der Waals surface area contributed by atoms with Crippen LogP contribution in [0.5, 0.6) is 0 Å². The van der Waals surface area contributed by atoms with Gasteiger partial charge in [0.2, 0.25) is 6.10 Å². The van der Waals surface area contributed by atoms with E-state index < -0.39 is 47.4 Å². The summed E-state index contributed by atoms with van der Waals surface area (Å²) in [4.78, 5) is 65.7. The number of hydrogen-bond acceptors (Lipinski definition) is 15. The number of thiazole rings is 1. The van der Waals surface area contributed by atoms with E-state index in [2.05, 4.69) is 20.4 Å². The van der Waals surface area contributed by atoms with E-state index in [1.165, 1.54) is 35.8 Å². The first-order chi connectivity index (χ1) is 19.3. The molecule has 19 heteroatoms. The number of carbonyl (C=O) groups is 4. The van der Waals surface area contributed by atoms with Gasteiger partial charge in [-0.05, 0) is 19.4 Å². The van der Waals surface area contributed by atoms with E-state index in [-0.39, 0.29) is 33.7 Å². The number of carboxylic acid groups (broad SMARTS) is 2. The lowest BCUT2D eigenvalue weighted by atomic mass is 10.0. The molecule has 3 aliphatic rings. The van der Waals surface area contributed by atoms with Crippen LogP contribution in [0.15, 0.2) is 38.2 Å². The van der Waals surface area contributed by atoms with Crippen molar-refractivity contribution in [2.75, 3.05) is 24.3 Å². The van der Waals surface area contributed by atoms with Gasteiger partial charge in [-0.25, -0.2) is 19.6 Å². The number of aliphatic carboxylic acids is 2. The van der Waals surface area contributed by atoms with Crippen LogP contribution in [-0.4, -0.2) is 102 Å². The zero-order chi connectivity index (χ0) is 30.2. The average molecular weight is 626 g/mol. The Bertz CT molecular complexity index is 1420. The first-order valence-corrected chi connectivity index (χ1v) is 14.8. The maximum absolute atomic E-state index is 13.1. The van der Waals surface area contributed by atoms with Gasteiger partial charge in [-0.2, -0.15) is 0 Å². The van der Waals surface area contributed by atoms with Gasteiger partial charge in [-0.3, -0.25) is 14.5 Å². The van der Waals surface area contributed by atoms with Crippen LogP contribution >= 0.6 is 34.9 Å². The van der Waals surface area contributed by atoms with Crippen molar-refractivity contribution in [1.29, 1.82) is 0 Å². The first-order valence-electron chi connectivity index (χ1n) is 11.9. The van der Waals surface area contributed by atoms with Crippen molar-refractivity contribution in [2.45, 2.75) is 37.5 Å². The van der Waals surface area contributed by atoms with Crippen molar-refractivity contribution < 1.29 is 34.2 Å². The number of thioether (sulfide) groups is 2. The summed E-state index contributed by atoms with van der Waals surface area (Å²) in [5.41, 5.74) is 18.5. The number of amides is 2. The number of anilines is 1. The van der Waals surface area contributed by atoms with E-state index in [0.717, 1.165) is 16.2 Å². The highest BCUT2D eigenvalue weighted by Gasteiger charge is 2.54. The summed E-state index contributed by atoms with van der Waals surface area (Å²) >= 11 is 3.55. The Labute approximate surface area is 245 Å². The number of β-lactam (4-membered cyclic amide) rings is 1. The average Bonchev–Trinajstić information content (AvgIpc) is 3.36. The van der Waals surface area contributed by atoms with Crippen molar-refractivity contribution in [1.82, 2.24) is 20.1 Å². The number of rotatable bonds is 9. The van der Waals surface area contributed by atoms with Gasteiger partial charge in [0.1, 0.15) is 34.8 Å². The summed E-state index contributed by atoms with van der Waals surface area (Å²) in [6.07, 6.45) is -1.84. The van der Waals surface area contributed by atoms with Crippen LogP contribution in [-0.2, 0) is 24.0 Å². The Morgan fingerprint density at radius 2 is 2.05 bits per heavy atom. The predicted octanol–water partition coefficient (Wildman–Crippen LogP) is -0.833.